The van der Waals surface area contributed by atoms with Crippen LogP contribution >= 0.6 is 0 Å². The highest BCUT2D eigenvalue weighted by molar-refractivity contribution is 6.72. The van der Waals surface area contributed by atoms with Crippen LogP contribution < -0.4 is 11.2 Å². The second-order valence-electron chi connectivity index (χ2n) is 9.78. The van der Waals surface area contributed by atoms with Gasteiger partial charge in [0.25, 0.3) is 0 Å². The van der Waals surface area contributed by atoms with E-state index in [2.05, 4.69) is 120 Å². The quantitative estimate of drug-likeness (QED) is 0.458. The normalized spacial score (nSPS) is 12.3. The van der Waals surface area contributed by atoms with Crippen molar-refractivity contribution in [1.29, 1.82) is 0 Å². The van der Waals surface area contributed by atoms with Crippen LogP contribution in [0.1, 0.15) is 55.4 Å². The van der Waals surface area contributed by atoms with Gasteiger partial charge in [-0.15, -0.1) is 0 Å². The molecule has 0 N–H and O–H groups in total. The summed E-state index contributed by atoms with van der Waals surface area (Å²) >= 11 is 0. The van der Waals surface area contributed by atoms with E-state index in [1.54, 1.807) is 0 Å². The smallest absolute Gasteiger partial charge is 0.362 e. The number of nitrogens with zero attached hydrogens (tertiary/aromatic N) is 7. The summed E-state index contributed by atoms with van der Waals surface area (Å²) in [7, 11) is 2.19. The Hall–Kier alpha value is -2.25. The van der Waals surface area contributed by atoms with Gasteiger partial charge in [-0.25, -0.2) is 9.97 Å². The molecule has 0 amide bonds. The summed E-state index contributed by atoms with van der Waals surface area (Å²) in [6.45, 7) is 18.2. The van der Waals surface area contributed by atoms with E-state index in [1.807, 2.05) is 25.0 Å². The van der Waals surface area contributed by atoms with E-state index in [9.17, 15) is 0 Å². The molecule has 0 saturated heterocycles. The number of aromatic nitrogens is 5. The molecule has 3 aromatic heterocycles. The summed E-state index contributed by atoms with van der Waals surface area (Å²) in [6.07, 6.45) is 11.7. The van der Waals surface area contributed by atoms with E-state index in [4.69, 9.17) is 0 Å². The largest absolute Gasteiger partial charge is 0.401 e. The third-order valence-corrected chi connectivity index (χ3v) is 6.29. The van der Waals surface area contributed by atoms with Gasteiger partial charge in [0.2, 0.25) is 0 Å². The molecule has 172 valence electrons. The van der Waals surface area contributed by atoms with Gasteiger partial charge >= 0.3 is 14.0 Å². The Morgan fingerprint density at radius 2 is 1.00 bits per heavy atom. The van der Waals surface area contributed by atoms with Crippen LogP contribution in [-0.4, -0.2) is 71.2 Å². The highest BCUT2D eigenvalue weighted by Gasteiger charge is 2.38. The second kappa shape index (κ2) is 10.1. The fourth-order valence-electron chi connectivity index (χ4n) is 5.13. The Balaban J connectivity index is 2.16. The van der Waals surface area contributed by atoms with E-state index < -0.39 is 0 Å². The van der Waals surface area contributed by atoms with Crippen molar-refractivity contribution in [1.82, 2.24) is 33.1 Å². The maximum atomic E-state index is 4.36. The van der Waals surface area contributed by atoms with Gasteiger partial charge in [-0.1, -0.05) is 55.4 Å². The highest BCUT2D eigenvalue weighted by Crippen LogP contribution is 2.13. The minimum absolute atomic E-state index is 0.0613. The van der Waals surface area contributed by atoms with Gasteiger partial charge in [-0.05, 0) is 36.3 Å². The Labute approximate surface area is 194 Å². The summed E-state index contributed by atoms with van der Waals surface area (Å²) in [4.78, 5) is 13.8. The van der Waals surface area contributed by atoms with Crippen molar-refractivity contribution in [2.24, 2.45) is 7.05 Å². The topological polar surface area (TPSA) is 47.0 Å². The van der Waals surface area contributed by atoms with Gasteiger partial charge in [0.15, 0.2) is 0 Å². The Bertz CT molecular complexity index is 854. The molecule has 0 aromatic carbocycles. The molecule has 0 aliphatic carbocycles. The molecular weight excluding hydrogens is 396 g/mol. The average molecular weight is 435 g/mol. The molecule has 0 aliphatic rings. The van der Waals surface area contributed by atoms with Crippen molar-refractivity contribution in [3.05, 3.63) is 49.6 Å². The molecule has 0 unspecified atom stereocenters. The maximum absolute atomic E-state index is 4.36. The summed E-state index contributed by atoms with van der Waals surface area (Å²) in [5.41, 5.74) is 2.50. The van der Waals surface area contributed by atoms with Crippen molar-refractivity contribution in [2.45, 2.75) is 79.6 Å². The van der Waals surface area contributed by atoms with Gasteiger partial charge in [0.1, 0.15) is 0 Å². The molecule has 7 nitrogen and oxygen atoms in total. The van der Waals surface area contributed by atoms with Crippen LogP contribution in [0.4, 0.5) is 0 Å². The first-order valence-electron chi connectivity index (χ1n) is 11.8. The fourth-order valence-corrected chi connectivity index (χ4v) is 5.13. The zero-order valence-corrected chi connectivity index (χ0v) is 21.2. The van der Waals surface area contributed by atoms with Gasteiger partial charge in [-0.2, -0.15) is 0 Å². The molecule has 3 heterocycles. The zero-order chi connectivity index (χ0) is 23.6. The number of hydrogen-bond acceptors (Lipinski definition) is 4. The Morgan fingerprint density at radius 1 is 0.656 bits per heavy atom. The minimum atomic E-state index is 0.0613. The highest BCUT2D eigenvalue weighted by atomic mass is 15.2. The van der Waals surface area contributed by atoms with Crippen LogP contribution in [0.15, 0.2) is 49.6 Å². The molecule has 0 fully saturated rings. The first-order chi connectivity index (χ1) is 15.1. The summed E-state index contributed by atoms with van der Waals surface area (Å²) in [5.74, 6) is 0. The van der Waals surface area contributed by atoms with Crippen LogP contribution in [-0.2, 0) is 7.05 Å². The van der Waals surface area contributed by atoms with E-state index in [0.29, 0.717) is 24.2 Å². The number of imidazole rings is 2. The van der Waals surface area contributed by atoms with E-state index in [0.717, 1.165) is 0 Å². The first kappa shape index (κ1) is 24.4. The monoisotopic (exact) mass is 435 g/mol. The SMILES string of the molecule is CC(C)N(B(c1ccc(B(N(C(C)C)C(C)C)n2ccnc2)n1C)n1ccnc1)C(C)C. The lowest BCUT2D eigenvalue weighted by Crippen LogP contribution is -2.63. The summed E-state index contributed by atoms with van der Waals surface area (Å²) in [5, 5.41) is 0. The zero-order valence-electron chi connectivity index (χ0n) is 21.2. The van der Waals surface area contributed by atoms with Crippen molar-refractivity contribution in [3.63, 3.8) is 0 Å². The number of hydrogen-bond donors (Lipinski definition) is 0. The van der Waals surface area contributed by atoms with Gasteiger partial charge < -0.3 is 23.1 Å². The van der Waals surface area contributed by atoms with Crippen LogP contribution in [0.25, 0.3) is 0 Å². The third-order valence-electron chi connectivity index (χ3n) is 6.29. The van der Waals surface area contributed by atoms with Gasteiger partial charge in [-0.3, -0.25) is 0 Å². The van der Waals surface area contributed by atoms with Crippen molar-refractivity contribution in [3.8, 4) is 0 Å². The fraction of sp³-hybridized carbons (Fsp3) is 0.565. The van der Waals surface area contributed by atoms with E-state index in [-0.39, 0.29) is 14.0 Å². The van der Waals surface area contributed by atoms with Crippen molar-refractivity contribution >= 4 is 25.2 Å². The molecule has 0 radical (unpaired) electrons. The maximum Gasteiger partial charge on any atom is 0.401 e. The standard InChI is InChI=1S/C23H39B2N7/c1-18(2)31(19(3)4)24(29-14-12-26-16-29)22-10-11-23(28(22)9)25(30-15-13-27-17-30)32(20(5)6)21(7)8/h10-21H,1-9H3. The first-order valence-corrected chi connectivity index (χ1v) is 11.8. The predicted molar refractivity (Wildman–Crippen MR) is 136 cm³/mol. The Kier molecular flexibility index (Phi) is 7.72. The lowest BCUT2D eigenvalue weighted by molar-refractivity contribution is 0.300. The van der Waals surface area contributed by atoms with Crippen LogP contribution in [0, 0.1) is 0 Å². The lowest BCUT2D eigenvalue weighted by atomic mass is 9.66. The van der Waals surface area contributed by atoms with Crippen LogP contribution in [0.5, 0.6) is 0 Å². The third kappa shape index (κ3) is 4.74. The van der Waals surface area contributed by atoms with Crippen molar-refractivity contribution in [2.75, 3.05) is 0 Å². The lowest BCUT2D eigenvalue weighted by Gasteiger charge is -2.38. The molecule has 9 heteroatoms. The van der Waals surface area contributed by atoms with Gasteiger partial charge in [0, 0.05) is 43.0 Å². The summed E-state index contributed by atoms with van der Waals surface area (Å²) in [6, 6.07) is 6.09. The van der Waals surface area contributed by atoms with Crippen LogP contribution in [0.2, 0.25) is 0 Å². The molecular formula is C23H39B2N7. The van der Waals surface area contributed by atoms with Gasteiger partial charge in [0.05, 0.1) is 12.7 Å². The molecule has 0 saturated carbocycles. The second-order valence-corrected chi connectivity index (χ2v) is 9.78. The molecule has 3 rings (SSSR count). The molecule has 3 aromatic rings. The molecule has 0 aliphatic heterocycles. The number of rotatable bonds is 10. The molecule has 0 bridgehead atoms. The minimum Gasteiger partial charge on any atom is -0.362 e. The molecule has 32 heavy (non-hydrogen) atoms. The molecule has 0 spiro atoms. The Morgan fingerprint density at radius 3 is 1.25 bits per heavy atom. The average Bonchev–Trinajstić information content (AvgIpc) is 3.45. The van der Waals surface area contributed by atoms with E-state index >= 15 is 0 Å². The summed E-state index contributed by atoms with van der Waals surface area (Å²) < 4.78 is 6.80. The van der Waals surface area contributed by atoms with E-state index in [1.165, 1.54) is 11.2 Å². The van der Waals surface area contributed by atoms with Crippen molar-refractivity contribution < 1.29 is 0 Å². The van der Waals surface area contributed by atoms with Crippen LogP contribution in [0.3, 0.4) is 0 Å². The predicted octanol–water partition coefficient (Wildman–Crippen LogP) is 2.14. The molecule has 0 atom stereocenters.